The Kier molecular flexibility index (Phi) is 3.04. The lowest BCUT2D eigenvalue weighted by Gasteiger charge is -1.98. The lowest BCUT2D eigenvalue weighted by Crippen LogP contribution is -1.96. The van der Waals surface area contributed by atoms with Crippen LogP contribution in [0.15, 0.2) is 47.1 Å². The van der Waals surface area contributed by atoms with Gasteiger partial charge in [-0.3, -0.25) is 0 Å². The minimum absolute atomic E-state index is 0.543. The Labute approximate surface area is 132 Å². The summed E-state index contributed by atoms with van der Waals surface area (Å²) in [6.45, 7) is 1.77. The van der Waals surface area contributed by atoms with Gasteiger partial charge < -0.3 is 9.84 Å². The van der Waals surface area contributed by atoms with Gasteiger partial charge in [-0.1, -0.05) is 23.4 Å². The number of aromatic nitrogens is 5. The predicted octanol–water partition coefficient (Wildman–Crippen LogP) is 2.80. The van der Waals surface area contributed by atoms with E-state index < -0.39 is 0 Å². The van der Waals surface area contributed by atoms with Crippen molar-refractivity contribution < 1.29 is 4.52 Å². The van der Waals surface area contributed by atoms with Crippen LogP contribution >= 0.6 is 0 Å². The van der Waals surface area contributed by atoms with Crippen LogP contribution < -0.4 is 5.32 Å². The van der Waals surface area contributed by atoms with Crippen molar-refractivity contribution in [1.29, 1.82) is 0 Å². The van der Waals surface area contributed by atoms with Gasteiger partial charge in [0.2, 0.25) is 11.7 Å². The minimum atomic E-state index is 0.543. The number of hydrogen-bond donors (Lipinski definition) is 1. The highest BCUT2D eigenvalue weighted by molar-refractivity contribution is 5.69. The number of fused-ring (bicyclic) bond motifs is 1. The SMILES string of the molecule is CNc1ccc2nc(-c3cccc(-c4noc(C)n4)c3)cn2n1. The molecular formula is C16H14N6O. The number of nitrogens with zero attached hydrogens (tertiary/aromatic N) is 5. The van der Waals surface area contributed by atoms with Gasteiger partial charge in [0.1, 0.15) is 5.82 Å². The normalized spacial score (nSPS) is 11.0. The summed E-state index contributed by atoms with van der Waals surface area (Å²) in [5.74, 6) is 1.91. The Morgan fingerprint density at radius 3 is 2.74 bits per heavy atom. The van der Waals surface area contributed by atoms with Crippen LogP contribution in [0, 0.1) is 6.92 Å². The van der Waals surface area contributed by atoms with Gasteiger partial charge in [0.05, 0.1) is 11.9 Å². The zero-order valence-corrected chi connectivity index (χ0v) is 12.7. The molecule has 0 spiro atoms. The summed E-state index contributed by atoms with van der Waals surface area (Å²) >= 11 is 0. The van der Waals surface area contributed by atoms with E-state index in [1.807, 2.05) is 49.6 Å². The van der Waals surface area contributed by atoms with Gasteiger partial charge in [0.25, 0.3) is 0 Å². The van der Waals surface area contributed by atoms with E-state index in [0.29, 0.717) is 11.7 Å². The molecule has 114 valence electrons. The van der Waals surface area contributed by atoms with Crippen molar-refractivity contribution in [1.82, 2.24) is 24.7 Å². The first-order valence-corrected chi connectivity index (χ1v) is 7.18. The van der Waals surface area contributed by atoms with E-state index in [-0.39, 0.29) is 0 Å². The van der Waals surface area contributed by atoms with Crippen molar-refractivity contribution in [2.75, 3.05) is 12.4 Å². The molecule has 4 aromatic rings. The standard InChI is InChI=1S/C16H14N6O/c1-10-18-16(21-23-10)12-5-3-4-11(8-12)13-9-22-15(19-13)7-6-14(17-2)20-22/h3-9H,1-2H3,(H,17,20). The van der Waals surface area contributed by atoms with Gasteiger partial charge in [-0.05, 0) is 18.2 Å². The van der Waals surface area contributed by atoms with E-state index in [4.69, 9.17) is 4.52 Å². The first-order valence-electron chi connectivity index (χ1n) is 7.18. The minimum Gasteiger partial charge on any atom is -0.372 e. The molecule has 3 heterocycles. The van der Waals surface area contributed by atoms with Crippen molar-refractivity contribution in [2.24, 2.45) is 0 Å². The molecule has 1 aromatic carbocycles. The molecule has 1 N–H and O–H groups in total. The Morgan fingerprint density at radius 2 is 1.96 bits per heavy atom. The Balaban J connectivity index is 1.78. The summed E-state index contributed by atoms with van der Waals surface area (Å²) in [5, 5.41) is 11.4. The van der Waals surface area contributed by atoms with Crippen molar-refractivity contribution >= 4 is 11.5 Å². The zero-order valence-electron chi connectivity index (χ0n) is 12.7. The van der Waals surface area contributed by atoms with Crippen LogP contribution in [0.2, 0.25) is 0 Å². The second kappa shape index (κ2) is 5.20. The molecule has 0 saturated carbocycles. The maximum atomic E-state index is 5.04. The third kappa shape index (κ3) is 2.42. The predicted molar refractivity (Wildman–Crippen MR) is 86.0 cm³/mol. The number of imidazole rings is 1. The first kappa shape index (κ1) is 13.4. The molecule has 0 aliphatic carbocycles. The number of nitrogens with one attached hydrogen (secondary N) is 1. The van der Waals surface area contributed by atoms with Crippen molar-refractivity contribution in [3.8, 4) is 22.6 Å². The average molecular weight is 306 g/mol. The highest BCUT2D eigenvalue weighted by Crippen LogP contribution is 2.24. The lowest BCUT2D eigenvalue weighted by atomic mass is 10.1. The van der Waals surface area contributed by atoms with Gasteiger partial charge >= 0.3 is 0 Å². The van der Waals surface area contributed by atoms with Gasteiger partial charge in [0, 0.05) is 25.1 Å². The third-order valence-electron chi connectivity index (χ3n) is 3.52. The van der Waals surface area contributed by atoms with Gasteiger partial charge in [-0.2, -0.15) is 4.98 Å². The van der Waals surface area contributed by atoms with E-state index >= 15 is 0 Å². The smallest absolute Gasteiger partial charge is 0.223 e. The second-order valence-corrected chi connectivity index (χ2v) is 5.12. The molecule has 7 heteroatoms. The van der Waals surface area contributed by atoms with Crippen molar-refractivity contribution in [3.05, 3.63) is 48.5 Å². The number of hydrogen-bond acceptors (Lipinski definition) is 6. The number of aryl methyl sites for hydroxylation is 1. The fraction of sp³-hybridized carbons (Fsp3) is 0.125. The molecule has 7 nitrogen and oxygen atoms in total. The van der Waals surface area contributed by atoms with Crippen LogP contribution in [-0.4, -0.2) is 31.8 Å². The summed E-state index contributed by atoms with van der Waals surface area (Å²) in [4.78, 5) is 8.86. The maximum Gasteiger partial charge on any atom is 0.223 e. The fourth-order valence-corrected chi connectivity index (χ4v) is 2.39. The molecule has 0 radical (unpaired) electrons. The Morgan fingerprint density at radius 1 is 1.09 bits per heavy atom. The molecule has 0 atom stereocenters. The van der Waals surface area contributed by atoms with Crippen LogP contribution in [0.25, 0.3) is 28.3 Å². The van der Waals surface area contributed by atoms with E-state index in [0.717, 1.165) is 28.3 Å². The molecule has 0 amide bonds. The molecular weight excluding hydrogens is 292 g/mol. The van der Waals surface area contributed by atoms with Crippen LogP contribution in [-0.2, 0) is 0 Å². The topological polar surface area (TPSA) is 81.1 Å². The maximum absolute atomic E-state index is 5.04. The molecule has 0 bridgehead atoms. The third-order valence-corrected chi connectivity index (χ3v) is 3.52. The molecule has 0 aliphatic rings. The van der Waals surface area contributed by atoms with E-state index in [1.54, 1.807) is 11.4 Å². The molecule has 3 aromatic heterocycles. The number of benzene rings is 1. The Hall–Kier alpha value is -3.22. The van der Waals surface area contributed by atoms with Gasteiger partial charge in [-0.25, -0.2) is 9.50 Å². The largest absolute Gasteiger partial charge is 0.372 e. The summed E-state index contributed by atoms with van der Waals surface area (Å²) in [5.41, 5.74) is 3.49. The Bertz CT molecular complexity index is 987. The van der Waals surface area contributed by atoms with Crippen LogP contribution in [0.5, 0.6) is 0 Å². The second-order valence-electron chi connectivity index (χ2n) is 5.12. The average Bonchev–Trinajstić information content (AvgIpc) is 3.20. The zero-order chi connectivity index (χ0) is 15.8. The summed E-state index contributed by atoms with van der Waals surface area (Å²) in [6.07, 6.45) is 1.90. The summed E-state index contributed by atoms with van der Waals surface area (Å²) in [7, 11) is 1.84. The van der Waals surface area contributed by atoms with Crippen molar-refractivity contribution in [2.45, 2.75) is 6.92 Å². The van der Waals surface area contributed by atoms with Crippen LogP contribution in [0.1, 0.15) is 5.89 Å². The summed E-state index contributed by atoms with van der Waals surface area (Å²) < 4.78 is 6.80. The molecule has 23 heavy (non-hydrogen) atoms. The molecule has 0 aliphatic heterocycles. The monoisotopic (exact) mass is 306 g/mol. The summed E-state index contributed by atoms with van der Waals surface area (Å²) in [6, 6.07) is 11.7. The lowest BCUT2D eigenvalue weighted by molar-refractivity contribution is 0.394. The van der Waals surface area contributed by atoms with Gasteiger partial charge in [0.15, 0.2) is 5.65 Å². The quantitative estimate of drug-likeness (QED) is 0.627. The van der Waals surface area contributed by atoms with Gasteiger partial charge in [-0.15, -0.1) is 5.10 Å². The first-order chi connectivity index (χ1) is 11.2. The number of anilines is 1. The van der Waals surface area contributed by atoms with E-state index in [1.165, 1.54) is 0 Å². The van der Waals surface area contributed by atoms with Crippen LogP contribution in [0.4, 0.5) is 5.82 Å². The fourth-order valence-electron chi connectivity index (χ4n) is 2.39. The highest BCUT2D eigenvalue weighted by atomic mass is 16.5. The molecule has 0 saturated heterocycles. The van der Waals surface area contributed by atoms with Crippen molar-refractivity contribution in [3.63, 3.8) is 0 Å². The highest BCUT2D eigenvalue weighted by Gasteiger charge is 2.10. The number of rotatable bonds is 3. The van der Waals surface area contributed by atoms with E-state index in [9.17, 15) is 0 Å². The molecule has 0 fully saturated rings. The van der Waals surface area contributed by atoms with Crippen LogP contribution in [0.3, 0.4) is 0 Å². The van der Waals surface area contributed by atoms with E-state index in [2.05, 4.69) is 25.5 Å². The molecule has 0 unspecified atom stereocenters. The molecule has 4 rings (SSSR count).